The average Bonchev–Trinajstić information content (AvgIpc) is 2.83. The normalized spacial score (nSPS) is 14.0. The van der Waals surface area contributed by atoms with E-state index in [1.807, 2.05) is 18.2 Å². The van der Waals surface area contributed by atoms with Crippen molar-refractivity contribution in [1.82, 2.24) is 3.97 Å². The van der Waals surface area contributed by atoms with Crippen molar-refractivity contribution in [3.63, 3.8) is 0 Å². The molecule has 19 heavy (non-hydrogen) atoms. The van der Waals surface area contributed by atoms with Gasteiger partial charge in [0.05, 0.1) is 10.5 Å². The van der Waals surface area contributed by atoms with Crippen molar-refractivity contribution in [2.75, 3.05) is 6.26 Å². The number of halogens is 1. The zero-order chi connectivity index (χ0) is 14.0. The minimum absolute atomic E-state index is 0.127. The van der Waals surface area contributed by atoms with Crippen LogP contribution in [0, 0.1) is 0 Å². The number of aromatic nitrogens is 1. The molecular formula is C13H12INO2S2. The molecule has 6 heteroatoms. The number of hydrogen-bond donors (Lipinski definition) is 0. The van der Waals surface area contributed by atoms with E-state index in [0.717, 1.165) is 0 Å². The zero-order valence-electron chi connectivity index (χ0n) is 10.2. The lowest BCUT2D eigenvalue weighted by Crippen LogP contribution is -2.06. The van der Waals surface area contributed by atoms with E-state index in [1.165, 1.54) is 9.12 Å². The van der Waals surface area contributed by atoms with Crippen LogP contribution in [0.1, 0.15) is 15.9 Å². The van der Waals surface area contributed by atoms with Gasteiger partial charge < -0.3 is 0 Å². The molecule has 0 aliphatic rings. The fourth-order valence-electron chi connectivity index (χ4n) is 1.71. The number of rotatable bonds is 4. The molecule has 1 unspecified atom stereocenters. The van der Waals surface area contributed by atoms with Gasteiger partial charge in [-0.05, 0) is 15.4 Å². The third-order valence-corrected chi connectivity index (χ3v) is 5.58. The third-order valence-electron chi connectivity index (χ3n) is 2.59. The van der Waals surface area contributed by atoms with Crippen molar-refractivity contribution in [1.29, 1.82) is 0 Å². The highest BCUT2D eigenvalue weighted by molar-refractivity contribution is 14.2. The van der Waals surface area contributed by atoms with Crippen LogP contribution in [0.25, 0.3) is 0 Å². The first-order chi connectivity index (χ1) is 8.93. The van der Waals surface area contributed by atoms with Gasteiger partial charge in [-0.1, -0.05) is 30.3 Å². The van der Waals surface area contributed by atoms with Gasteiger partial charge in [-0.3, -0.25) is 13.0 Å². The van der Waals surface area contributed by atoms with Crippen LogP contribution in [0.2, 0.25) is 0 Å². The molecule has 100 valence electrons. The predicted octanol–water partition coefficient (Wildman–Crippen LogP) is 3.27. The van der Waals surface area contributed by atoms with Gasteiger partial charge in [0.25, 0.3) is 0 Å². The summed E-state index contributed by atoms with van der Waals surface area (Å²) in [4.78, 5) is 13.0. The van der Waals surface area contributed by atoms with Gasteiger partial charge in [-0.15, -0.1) is 0 Å². The van der Waals surface area contributed by atoms with E-state index in [2.05, 4.69) is 27.1 Å². The van der Waals surface area contributed by atoms with Crippen molar-refractivity contribution in [2.24, 2.45) is 0 Å². The minimum atomic E-state index is -2.43. The first-order valence-corrected chi connectivity index (χ1v) is 10.8. The Labute approximate surface area is 129 Å². The Hall–Kier alpha value is -0.730. The smallest absolute Gasteiger partial charge is 0.195 e. The van der Waals surface area contributed by atoms with Crippen molar-refractivity contribution in [3.8, 4) is 0 Å². The van der Waals surface area contributed by atoms with Crippen LogP contribution < -0.4 is 0 Å². The fourth-order valence-corrected chi connectivity index (χ4v) is 3.70. The predicted molar refractivity (Wildman–Crippen MR) is 90.8 cm³/mol. The van der Waals surface area contributed by atoms with Gasteiger partial charge in [-0.25, -0.2) is 0 Å². The van der Waals surface area contributed by atoms with Crippen LogP contribution in [-0.4, -0.2) is 26.1 Å². The molecule has 1 aromatic heterocycles. The van der Waals surface area contributed by atoms with E-state index >= 15 is 0 Å². The van der Waals surface area contributed by atoms with Gasteiger partial charge in [0, 0.05) is 54.5 Å². The van der Waals surface area contributed by atoms with Crippen LogP contribution in [0.3, 0.4) is 0 Å². The van der Waals surface area contributed by atoms with Gasteiger partial charge >= 0.3 is 0 Å². The van der Waals surface area contributed by atoms with E-state index in [-0.39, 0.29) is 5.78 Å². The van der Waals surface area contributed by atoms with Crippen LogP contribution >= 0.6 is 30.3 Å². The molecular weight excluding hydrogens is 393 g/mol. The summed E-state index contributed by atoms with van der Waals surface area (Å²) in [5, 5.41) is 0. The molecule has 0 radical (unpaired) electrons. The molecule has 0 aliphatic heterocycles. The first kappa shape index (κ1) is 14.7. The van der Waals surface area contributed by atoms with Gasteiger partial charge in [0.2, 0.25) is 0 Å². The monoisotopic (exact) mass is 405 g/mol. The summed E-state index contributed by atoms with van der Waals surface area (Å²) in [6.45, 7) is 0. The van der Waals surface area contributed by atoms with Crippen molar-refractivity contribution in [3.05, 3.63) is 53.9 Å². The van der Waals surface area contributed by atoms with E-state index in [4.69, 9.17) is 0 Å². The molecule has 0 saturated heterocycles. The highest BCUT2D eigenvalue weighted by Crippen LogP contribution is 2.25. The Morgan fingerprint density at radius 2 is 1.95 bits per heavy atom. The molecule has 1 heterocycles. The third kappa shape index (κ3) is 3.24. The maximum Gasteiger partial charge on any atom is 0.195 e. The largest absolute Gasteiger partial charge is 0.289 e. The van der Waals surface area contributed by atoms with Crippen LogP contribution in [0.15, 0.2) is 47.6 Å². The molecule has 2 aromatic rings. The van der Waals surface area contributed by atoms with Crippen molar-refractivity contribution >= 4 is 51.5 Å². The lowest BCUT2D eigenvalue weighted by atomic mass is 10.1. The molecule has 0 spiro atoms. The average molecular weight is 405 g/mol. The summed E-state index contributed by atoms with van der Waals surface area (Å²) < 4.78 is 14.0. The Morgan fingerprint density at radius 1 is 1.32 bits per heavy atom. The van der Waals surface area contributed by atoms with Crippen LogP contribution in [0.5, 0.6) is 0 Å². The summed E-state index contributed by atoms with van der Waals surface area (Å²) in [7, 11) is -1.02. The van der Waals surface area contributed by atoms with E-state index < -0.39 is 9.52 Å². The molecule has 1 atom stereocenters. The number of carbonyl (C=O) groups is 1. The molecule has 1 aromatic carbocycles. The van der Waals surface area contributed by atoms with Crippen LogP contribution in [0.4, 0.5) is 0 Å². The van der Waals surface area contributed by atoms with Gasteiger partial charge in [0.15, 0.2) is 5.78 Å². The second-order valence-corrected chi connectivity index (χ2v) is 8.36. The minimum Gasteiger partial charge on any atom is -0.289 e. The molecule has 0 saturated carbocycles. The Kier molecular flexibility index (Phi) is 4.42. The van der Waals surface area contributed by atoms with Crippen molar-refractivity contribution in [2.45, 2.75) is 4.90 Å². The molecule has 3 nitrogen and oxygen atoms in total. The highest BCUT2D eigenvalue weighted by atomic mass is 127. The van der Waals surface area contributed by atoms with E-state index in [0.29, 0.717) is 16.0 Å². The lowest BCUT2D eigenvalue weighted by molar-refractivity contribution is 0.103. The summed E-state index contributed by atoms with van der Waals surface area (Å²) in [6, 6.07) is 8.98. The second-order valence-electron chi connectivity index (χ2n) is 4.17. The topological polar surface area (TPSA) is 39.1 Å². The molecule has 0 fully saturated rings. The number of benzene rings is 1. The van der Waals surface area contributed by atoms with Gasteiger partial charge in [0.1, 0.15) is 0 Å². The summed E-state index contributed by atoms with van der Waals surface area (Å²) >= 11 is 2.10. The molecule has 0 bridgehead atoms. The quantitative estimate of drug-likeness (QED) is 0.445. The zero-order valence-corrected chi connectivity index (χ0v) is 14.0. The van der Waals surface area contributed by atoms with E-state index in [9.17, 15) is 9.00 Å². The molecule has 0 aliphatic carbocycles. The SMILES string of the molecule is C=S(C)(=O)c1cn(SI)cc1C(=O)c1ccccc1. The second kappa shape index (κ2) is 5.72. The highest BCUT2D eigenvalue weighted by Gasteiger charge is 2.19. The Bertz CT molecular complexity index is 705. The van der Waals surface area contributed by atoms with Crippen molar-refractivity contribution < 1.29 is 9.00 Å². The molecule has 2 rings (SSSR count). The molecule has 0 amide bonds. The maximum atomic E-state index is 12.5. The van der Waals surface area contributed by atoms with Gasteiger partial charge in [-0.2, -0.15) is 0 Å². The number of hydrogen-bond acceptors (Lipinski definition) is 3. The Morgan fingerprint density at radius 3 is 2.47 bits per heavy atom. The summed E-state index contributed by atoms with van der Waals surface area (Å²) in [5.74, 6) is 3.55. The standard InChI is InChI=1S/C13H12INO2S2/c1-19(2,17)12-9-15(18-14)8-11(12)13(16)10-6-4-3-5-7-10/h3-9H,1H2,2H3. The van der Waals surface area contributed by atoms with E-state index in [1.54, 1.807) is 34.8 Å². The summed E-state index contributed by atoms with van der Waals surface area (Å²) in [5.41, 5.74) is 1.04. The maximum absolute atomic E-state index is 12.5. The summed E-state index contributed by atoms with van der Waals surface area (Å²) in [6.07, 6.45) is 4.96. The number of carbonyl (C=O) groups excluding carboxylic acids is 1. The molecule has 0 N–H and O–H groups in total. The number of ketones is 1. The fraction of sp³-hybridized carbons (Fsp3) is 0.0769. The Balaban J connectivity index is 2.56. The van der Waals surface area contributed by atoms with Crippen LogP contribution in [-0.2, 0) is 9.52 Å². The number of nitrogens with zero attached hydrogens (tertiary/aromatic N) is 1. The first-order valence-electron chi connectivity index (χ1n) is 5.36. The lowest BCUT2D eigenvalue weighted by Gasteiger charge is -2.04.